The fourth-order valence-corrected chi connectivity index (χ4v) is 4.45. The van der Waals surface area contributed by atoms with Crippen molar-refractivity contribution in [2.75, 3.05) is 17.7 Å². The molecule has 3 aromatic carbocycles. The van der Waals surface area contributed by atoms with Gasteiger partial charge in [0.05, 0.1) is 23.9 Å². The summed E-state index contributed by atoms with van der Waals surface area (Å²) >= 11 is 6.52. The van der Waals surface area contributed by atoms with E-state index in [9.17, 15) is 19.1 Å². The van der Waals surface area contributed by atoms with Gasteiger partial charge in [-0.1, -0.05) is 29.8 Å². The highest BCUT2D eigenvalue weighted by Crippen LogP contribution is 2.36. The number of amidine groups is 1. The molecule has 1 amide bonds. The van der Waals surface area contributed by atoms with E-state index >= 15 is 0 Å². The molecular weight excluding hydrogens is 537 g/mol. The summed E-state index contributed by atoms with van der Waals surface area (Å²) in [5, 5.41) is 18.8. The maximum Gasteiger partial charge on any atom is 0.335 e. The average molecular weight is 564 g/mol. The van der Waals surface area contributed by atoms with Gasteiger partial charge in [0.1, 0.15) is 23.4 Å². The van der Waals surface area contributed by atoms with Crippen molar-refractivity contribution >= 4 is 46.6 Å². The molecule has 40 heavy (non-hydrogen) atoms. The first-order chi connectivity index (χ1) is 19.1. The molecule has 1 aliphatic heterocycles. The molecule has 1 atom stereocenters. The lowest BCUT2D eigenvalue weighted by Gasteiger charge is -2.26. The van der Waals surface area contributed by atoms with Gasteiger partial charge in [-0.15, -0.1) is 0 Å². The van der Waals surface area contributed by atoms with E-state index in [0.29, 0.717) is 39.1 Å². The molecule has 0 aliphatic carbocycles. The van der Waals surface area contributed by atoms with E-state index < -0.39 is 17.9 Å². The number of anilines is 2. The van der Waals surface area contributed by atoms with Gasteiger partial charge in [0.15, 0.2) is 0 Å². The van der Waals surface area contributed by atoms with E-state index in [1.54, 1.807) is 51.1 Å². The molecule has 1 heterocycles. The van der Waals surface area contributed by atoms with Crippen LogP contribution in [-0.2, 0) is 4.79 Å². The van der Waals surface area contributed by atoms with Crippen LogP contribution in [0.3, 0.4) is 0 Å². The van der Waals surface area contributed by atoms with Gasteiger partial charge in [0, 0.05) is 22.0 Å². The number of allylic oxidation sites excluding steroid dienone is 1. The van der Waals surface area contributed by atoms with Crippen LogP contribution in [0.1, 0.15) is 41.4 Å². The van der Waals surface area contributed by atoms with Crippen molar-refractivity contribution in [2.24, 2.45) is 9.98 Å². The Bertz CT molecular complexity index is 1580. The van der Waals surface area contributed by atoms with Crippen molar-refractivity contribution in [1.82, 2.24) is 5.32 Å². The van der Waals surface area contributed by atoms with Crippen LogP contribution in [0, 0.1) is 12.7 Å². The lowest BCUT2D eigenvalue weighted by atomic mass is 9.95. The van der Waals surface area contributed by atoms with Crippen molar-refractivity contribution in [3.05, 3.63) is 99.5 Å². The Balaban J connectivity index is 1.70. The summed E-state index contributed by atoms with van der Waals surface area (Å²) in [6.07, 6.45) is 0. The minimum Gasteiger partial charge on any atom is -0.495 e. The predicted molar refractivity (Wildman–Crippen MR) is 154 cm³/mol. The SMILES string of the molecule is COc1ccc(C(=O)O)cc1NC(=O)C1=C(C)NC(/N=C(/C)Nc2ccc(F)cc2C)=NC1c1ccccc1Cl. The molecular formula is C29H27ClFN5O4. The number of nitrogens with one attached hydrogen (secondary N) is 3. The van der Waals surface area contributed by atoms with E-state index in [-0.39, 0.29) is 28.6 Å². The Morgan fingerprint density at radius 3 is 2.50 bits per heavy atom. The number of guanidine groups is 1. The number of nitrogens with zero attached hydrogens (tertiary/aromatic N) is 2. The highest BCUT2D eigenvalue weighted by atomic mass is 35.5. The van der Waals surface area contributed by atoms with Crippen LogP contribution in [-0.4, -0.2) is 35.9 Å². The van der Waals surface area contributed by atoms with Crippen LogP contribution in [0.15, 0.2) is 81.9 Å². The number of carboxylic acid groups (broad SMARTS) is 1. The molecule has 4 rings (SSSR count). The number of rotatable bonds is 6. The lowest BCUT2D eigenvalue weighted by Crippen LogP contribution is -2.33. The Morgan fingerprint density at radius 2 is 1.82 bits per heavy atom. The minimum atomic E-state index is -1.14. The topological polar surface area (TPSA) is 124 Å². The Labute approximate surface area is 235 Å². The van der Waals surface area contributed by atoms with E-state index in [4.69, 9.17) is 21.3 Å². The lowest BCUT2D eigenvalue weighted by molar-refractivity contribution is -0.113. The molecule has 0 aromatic heterocycles. The summed E-state index contributed by atoms with van der Waals surface area (Å²) in [5.41, 5.74) is 2.87. The van der Waals surface area contributed by atoms with Crippen molar-refractivity contribution in [3.8, 4) is 5.75 Å². The zero-order chi connectivity index (χ0) is 29.0. The Kier molecular flexibility index (Phi) is 8.49. The number of aryl methyl sites for hydroxylation is 1. The second kappa shape index (κ2) is 12.0. The molecule has 1 aliphatic rings. The highest BCUT2D eigenvalue weighted by molar-refractivity contribution is 6.31. The summed E-state index contributed by atoms with van der Waals surface area (Å²) in [6, 6.07) is 14.8. The molecule has 4 N–H and O–H groups in total. The fourth-order valence-electron chi connectivity index (χ4n) is 4.21. The third-order valence-electron chi connectivity index (χ3n) is 6.14. The van der Waals surface area contributed by atoms with Gasteiger partial charge >= 0.3 is 5.97 Å². The van der Waals surface area contributed by atoms with Gasteiger partial charge in [-0.3, -0.25) is 4.79 Å². The second-order valence-electron chi connectivity index (χ2n) is 9.00. The monoisotopic (exact) mass is 563 g/mol. The zero-order valence-corrected chi connectivity index (χ0v) is 22.9. The van der Waals surface area contributed by atoms with E-state index in [1.807, 2.05) is 0 Å². The zero-order valence-electron chi connectivity index (χ0n) is 22.2. The number of amides is 1. The molecule has 11 heteroatoms. The Morgan fingerprint density at radius 1 is 1.07 bits per heavy atom. The van der Waals surface area contributed by atoms with Crippen LogP contribution < -0.4 is 20.7 Å². The van der Waals surface area contributed by atoms with Crippen LogP contribution >= 0.6 is 11.6 Å². The van der Waals surface area contributed by atoms with Crippen LogP contribution in [0.5, 0.6) is 5.75 Å². The number of carbonyl (C=O) groups is 2. The van der Waals surface area contributed by atoms with Gasteiger partial charge < -0.3 is 25.8 Å². The molecule has 206 valence electrons. The van der Waals surface area contributed by atoms with Gasteiger partial charge in [0.25, 0.3) is 5.91 Å². The van der Waals surface area contributed by atoms with E-state index in [1.165, 1.54) is 37.4 Å². The maximum atomic E-state index is 13.7. The summed E-state index contributed by atoms with van der Waals surface area (Å²) in [4.78, 5) is 34.4. The summed E-state index contributed by atoms with van der Waals surface area (Å²) in [7, 11) is 1.42. The van der Waals surface area contributed by atoms with Crippen LogP contribution in [0.25, 0.3) is 0 Å². The van der Waals surface area contributed by atoms with Gasteiger partial charge in [-0.2, -0.15) is 0 Å². The molecule has 0 saturated carbocycles. The summed E-state index contributed by atoms with van der Waals surface area (Å²) < 4.78 is 18.8. The maximum absolute atomic E-state index is 13.7. The average Bonchev–Trinajstić information content (AvgIpc) is 2.90. The minimum absolute atomic E-state index is 0.0137. The number of methoxy groups -OCH3 is 1. The summed E-state index contributed by atoms with van der Waals surface area (Å²) in [5.74, 6) is -1.00. The normalized spacial score (nSPS) is 15.2. The first kappa shape index (κ1) is 28.3. The number of carboxylic acids is 1. The number of carbonyl (C=O) groups excluding carboxylic acids is 1. The van der Waals surface area contributed by atoms with Crippen molar-refractivity contribution < 1.29 is 23.8 Å². The number of aromatic carboxylic acids is 1. The number of hydrogen-bond donors (Lipinski definition) is 4. The van der Waals surface area contributed by atoms with Crippen LogP contribution in [0.2, 0.25) is 5.02 Å². The molecule has 0 radical (unpaired) electrons. The molecule has 0 saturated heterocycles. The van der Waals surface area contributed by atoms with Gasteiger partial charge in [-0.05, 0) is 68.8 Å². The first-order valence-electron chi connectivity index (χ1n) is 12.2. The highest BCUT2D eigenvalue weighted by Gasteiger charge is 2.31. The quantitative estimate of drug-likeness (QED) is 0.217. The van der Waals surface area contributed by atoms with Crippen molar-refractivity contribution in [1.29, 1.82) is 0 Å². The second-order valence-corrected chi connectivity index (χ2v) is 9.40. The van der Waals surface area contributed by atoms with Crippen molar-refractivity contribution in [2.45, 2.75) is 26.8 Å². The molecule has 9 nitrogen and oxygen atoms in total. The smallest absolute Gasteiger partial charge is 0.335 e. The largest absolute Gasteiger partial charge is 0.495 e. The number of benzene rings is 3. The Hall–Kier alpha value is -4.70. The standard InChI is InChI=1S/C29H27ClFN5O4/c1-15-13-19(31)10-11-22(15)33-17(3)34-29-32-16(2)25(26(36-29)20-7-5-6-8-21(20)30)27(37)35-23-14-18(28(38)39)9-12-24(23)40-4/h5-14,26H,1-4H3,(H,35,37)(H,38,39)(H2,32,33,34,36). The molecule has 3 aromatic rings. The third kappa shape index (κ3) is 6.29. The van der Waals surface area contributed by atoms with Crippen LogP contribution in [0.4, 0.5) is 15.8 Å². The molecule has 0 spiro atoms. The number of hydrogen-bond acceptors (Lipinski definition) is 6. The summed E-state index contributed by atoms with van der Waals surface area (Å²) in [6.45, 7) is 5.22. The predicted octanol–water partition coefficient (Wildman–Crippen LogP) is 5.94. The number of aliphatic imine (C=N–C) groups is 2. The number of ether oxygens (including phenoxy) is 1. The first-order valence-corrected chi connectivity index (χ1v) is 12.6. The molecule has 1 unspecified atom stereocenters. The fraction of sp³-hybridized carbons (Fsp3) is 0.172. The van der Waals surface area contributed by atoms with Gasteiger partial charge in [0.2, 0.25) is 5.96 Å². The molecule has 0 bridgehead atoms. The van der Waals surface area contributed by atoms with E-state index in [0.717, 1.165) is 0 Å². The van der Waals surface area contributed by atoms with Gasteiger partial charge in [-0.25, -0.2) is 19.2 Å². The third-order valence-corrected chi connectivity index (χ3v) is 6.49. The number of halogens is 2. The molecule has 0 fully saturated rings. The van der Waals surface area contributed by atoms with E-state index in [2.05, 4.69) is 20.9 Å². The van der Waals surface area contributed by atoms with Crippen molar-refractivity contribution in [3.63, 3.8) is 0 Å².